The molecule has 0 aliphatic carbocycles. The summed E-state index contributed by atoms with van der Waals surface area (Å²) in [5.74, 6) is -3.15. The number of amides is 1. The number of carbonyl (C=O) groups excluding carboxylic acids is 1. The predicted molar refractivity (Wildman–Crippen MR) is 65.1 cm³/mol. The van der Waals surface area contributed by atoms with E-state index >= 15 is 0 Å². The minimum absolute atomic E-state index is 0.319. The van der Waals surface area contributed by atoms with E-state index in [1.165, 1.54) is 5.32 Å². The molecule has 0 saturated heterocycles. The second kappa shape index (κ2) is 5.52. The van der Waals surface area contributed by atoms with E-state index in [0.29, 0.717) is 12.5 Å². The van der Waals surface area contributed by atoms with Gasteiger partial charge in [-0.05, 0) is 19.4 Å². The van der Waals surface area contributed by atoms with Gasteiger partial charge in [-0.3, -0.25) is 4.79 Å². The van der Waals surface area contributed by atoms with Gasteiger partial charge in [-0.1, -0.05) is 29.8 Å². The van der Waals surface area contributed by atoms with Crippen LogP contribution in [-0.2, 0) is 16.0 Å². The third kappa shape index (κ3) is 3.49. The van der Waals surface area contributed by atoms with Crippen LogP contribution < -0.4 is 5.32 Å². The fraction of sp³-hybridized carbons (Fsp3) is 0.385. The molecule has 4 nitrogen and oxygen atoms in total. The van der Waals surface area contributed by atoms with Gasteiger partial charge in [0, 0.05) is 0 Å². The molecule has 1 aromatic rings. The highest BCUT2D eigenvalue weighted by Crippen LogP contribution is 2.30. The highest BCUT2D eigenvalue weighted by molar-refractivity contribution is 5.88. The number of benzene rings is 1. The van der Waals surface area contributed by atoms with Crippen molar-refractivity contribution in [1.82, 2.24) is 5.32 Å². The van der Waals surface area contributed by atoms with E-state index in [1.807, 2.05) is 0 Å². The quantitative estimate of drug-likeness (QED) is 0.891. The molecule has 0 saturated carbocycles. The van der Waals surface area contributed by atoms with E-state index in [4.69, 9.17) is 5.11 Å². The lowest BCUT2D eigenvalue weighted by atomic mass is 10.0. The number of nitrogens with one attached hydrogen (secondary N) is 1. The van der Waals surface area contributed by atoms with Crippen molar-refractivity contribution in [2.75, 3.05) is 0 Å². The van der Waals surface area contributed by atoms with Gasteiger partial charge in [0.15, 0.2) is 0 Å². The number of halogens is 3. The summed E-state index contributed by atoms with van der Waals surface area (Å²) < 4.78 is 38.2. The summed E-state index contributed by atoms with van der Waals surface area (Å²) in [7, 11) is 0. The molecule has 0 aromatic heterocycles. The summed E-state index contributed by atoms with van der Waals surface area (Å²) in [6.07, 6.45) is -5.40. The van der Waals surface area contributed by atoms with E-state index in [-0.39, 0.29) is 6.42 Å². The molecule has 1 unspecified atom stereocenters. The molecule has 0 aliphatic heterocycles. The summed E-state index contributed by atoms with van der Waals surface area (Å²) in [6.45, 7) is 2.20. The standard InChI is InChI=1S/C13H14F3NO3/c1-8-4-3-5-9(6-8)7-10(18)17-12(2,11(19)20)13(14,15)16/h3-6H,7H2,1-2H3,(H,17,18)(H,19,20). The number of hydrogen-bond acceptors (Lipinski definition) is 2. The van der Waals surface area contributed by atoms with Crippen LogP contribution in [-0.4, -0.2) is 28.7 Å². The van der Waals surface area contributed by atoms with Crippen molar-refractivity contribution in [3.05, 3.63) is 35.4 Å². The third-order valence-corrected chi connectivity index (χ3v) is 2.83. The molecule has 0 fully saturated rings. The van der Waals surface area contributed by atoms with E-state index in [1.54, 1.807) is 31.2 Å². The van der Waals surface area contributed by atoms with E-state index < -0.39 is 23.6 Å². The van der Waals surface area contributed by atoms with Crippen LogP contribution in [0.25, 0.3) is 0 Å². The van der Waals surface area contributed by atoms with Gasteiger partial charge in [-0.25, -0.2) is 4.79 Å². The van der Waals surface area contributed by atoms with E-state index in [9.17, 15) is 22.8 Å². The van der Waals surface area contributed by atoms with Gasteiger partial charge in [0.25, 0.3) is 0 Å². The molecule has 1 atom stereocenters. The Morgan fingerprint density at radius 1 is 1.30 bits per heavy atom. The first-order valence-corrected chi connectivity index (χ1v) is 5.73. The molecule has 1 amide bonds. The van der Waals surface area contributed by atoms with Crippen molar-refractivity contribution < 1.29 is 27.9 Å². The van der Waals surface area contributed by atoms with Gasteiger partial charge >= 0.3 is 12.1 Å². The molecular formula is C13H14F3NO3. The molecular weight excluding hydrogens is 275 g/mol. The summed E-state index contributed by atoms with van der Waals surface area (Å²) in [6, 6.07) is 6.67. The normalized spacial score (nSPS) is 14.4. The molecule has 0 aliphatic rings. The van der Waals surface area contributed by atoms with Gasteiger partial charge in [0.2, 0.25) is 11.4 Å². The zero-order valence-electron chi connectivity index (χ0n) is 10.9. The summed E-state index contributed by atoms with van der Waals surface area (Å²) >= 11 is 0. The number of carboxylic acids is 1. The Kier molecular flexibility index (Phi) is 4.42. The van der Waals surface area contributed by atoms with E-state index in [2.05, 4.69) is 0 Å². The monoisotopic (exact) mass is 289 g/mol. The van der Waals surface area contributed by atoms with Crippen molar-refractivity contribution >= 4 is 11.9 Å². The van der Waals surface area contributed by atoms with Crippen molar-refractivity contribution in [2.45, 2.75) is 32.0 Å². The lowest BCUT2D eigenvalue weighted by Gasteiger charge is -2.28. The first-order valence-electron chi connectivity index (χ1n) is 5.73. The third-order valence-electron chi connectivity index (χ3n) is 2.83. The Bertz CT molecular complexity index is 528. The maximum absolute atomic E-state index is 12.7. The minimum Gasteiger partial charge on any atom is -0.479 e. The summed E-state index contributed by atoms with van der Waals surface area (Å²) in [5.41, 5.74) is -1.93. The fourth-order valence-corrected chi connectivity index (χ4v) is 1.58. The molecule has 110 valence electrons. The van der Waals surface area contributed by atoms with Gasteiger partial charge in [-0.15, -0.1) is 0 Å². The average Bonchev–Trinajstić information content (AvgIpc) is 2.26. The first kappa shape index (κ1) is 16.0. The van der Waals surface area contributed by atoms with Crippen LogP contribution in [0.2, 0.25) is 0 Å². The Labute approximate surface area is 113 Å². The molecule has 0 spiro atoms. The van der Waals surface area contributed by atoms with Crippen molar-refractivity contribution in [3.8, 4) is 0 Å². The summed E-state index contributed by atoms with van der Waals surface area (Å²) in [5, 5.41) is 10.2. The smallest absolute Gasteiger partial charge is 0.422 e. The highest BCUT2D eigenvalue weighted by Gasteiger charge is 2.58. The number of aliphatic carboxylic acids is 1. The Hall–Kier alpha value is -2.05. The van der Waals surface area contributed by atoms with Crippen LogP contribution in [0.3, 0.4) is 0 Å². The number of hydrogen-bond donors (Lipinski definition) is 2. The van der Waals surface area contributed by atoms with E-state index in [0.717, 1.165) is 5.56 Å². The van der Waals surface area contributed by atoms with Gasteiger partial charge in [0.05, 0.1) is 6.42 Å². The Balaban J connectivity index is 2.86. The number of alkyl halides is 3. The maximum Gasteiger partial charge on any atom is 0.422 e. The summed E-state index contributed by atoms with van der Waals surface area (Å²) in [4.78, 5) is 22.4. The topological polar surface area (TPSA) is 66.4 Å². The second-order valence-electron chi connectivity index (χ2n) is 4.64. The first-order chi connectivity index (χ1) is 9.06. The van der Waals surface area contributed by atoms with Crippen LogP contribution in [0, 0.1) is 6.92 Å². The Morgan fingerprint density at radius 3 is 2.35 bits per heavy atom. The lowest BCUT2D eigenvalue weighted by molar-refractivity contribution is -0.206. The van der Waals surface area contributed by atoms with Crippen molar-refractivity contribution in [1.29, 1.82) is 0 Å². The SMILES string of the molecule is Cc1cccc(CC(=O)NC(C)(C(=O)O)C(F)(F)F)c1. The van der Waals surface area contributed by atoms with Crippen LogP contribution in [0.15, 0.2) is 24.3 Å². The molecule has 1 rings (SSSR count). The van der Waals surface area contributed by atoms with Crippen molar-refractivity contribution in [3.63, 3.8) is 0 Å². The van der Waals surface area contributed by atoms with Gasteiger partial charge < -0.3 is 10.4 Å². The maximum atomic E-state index is 12.7. The Morgan fingerprint density at radius 2 is 1.90 bits per heavy atom. The predicted octanol–water partition coefficient (Wildman–Crippen LogP) is 2.06. The highest BCUT2D eigenvalue weighted by atomic mass is 19.4. The number of aryl methyl sites for hydroxylation is 1. The van der Waals surface area contributed by atoms with Gasteiger partial charge in [0.1, 0.15) is 0 Å². The van der Waals surface area contributed by atoms with Crippen LogP contribution in [0.4, 0.5) is 13.2 Å². The second-order valence-corrected chi connectivity index (χ2v) is 4.64. The molecule has 0 bridgehead atoms. The minimum atomic E-state index is -5.08. The molecule has 0 heterocycles. The molecule has 7 heteroatoms. The zero-order chi connectivity index (χ0) is 15.6. The van der Waals surface area contributed by atoms with Crippen LogP contribution >= 0.6 is 0 Å². The lowest BCUT2D eigenvalue weighted by Crippen LogP contribution is -2.62. The molecule has 2 N–H and O–H groups in total. The number of carboxylic acid groups (broad SMARTS) is 1. The van der Waals surface area contributed by atoms with Crippen LogP contribution in [0.1, 0.15) is 18.1 Å². The number of rotatable bonds is 4. The molecule has 0 radical (unpaired) electrons. The number of carbonyl (C=O) groups is 2. The zero-order valence-corrected chi connectivity index (χ0v) is 10.9. The van der Waals surface area contributed by atoms with Crippen molar-refractivity contribution in [2.24, 2.45) is 0 Å². The van der Waals surface area contributed by atoms with Crippen LogP contribution in [0.5, 0.6) is 0 Å². The fourth-order valence-electron chi connectivity index (χ4n) is 1.58. The molecule has 20 heavy (non-hydrogen) atoms. The average molecular weight is 289 g/mol. The largest absolute Gasteiger partial charge is 0.479 e. The van der Waals surface area contributed by atoms with Gasteiger partial charge in [-0.2, -0.15) is 13.2 Å². The molecule has 1 aromatic carbocycles.